The zero-order valence-electron chi connectivity index (χ0n) is 28.5. The van der Waals surface area contributed by atoms with Crippen molar-refractivity contribution in [1.82, 2.24) is 0 Å². The van der Waals surface area contributed by atoms with E-state index in [0.29, 0.717) is 0 Å². The number of hydrogen-bond donors (Lipinski definition) is 0. The molecule has 0 saturated carbocycles. The third-order valence-corrected chi connectivity index (χ3v) is 7.45. The second-order valence-corrected chi connectivity index (χ2v) is 11.9. The number of unbranched alkanes of at least 4 members (excludes halogenated alkanes) is 24. The molecule has 43 heavy (non-hydrogen) atoms. The molecular weight excluding hydrogens is 686 g/mol. The van der Waals surface area contributed by atoms with Gasteiger partial charge in [0.2, 0.25) is 0 Å². The summed E-state index contributed by atoms with van der Waals surface area (Å²) in [6.45, 7) is 6.67. The Morgan fingerprint density at radius 2 is 0.442 bits per heavy atom. The van der Waals surface area contributed by atoms with E-state index in [2.05, 4.69) is 20.8 Å². The molecule has 0 unspecified atom stereocenters. The van der Waals surface area contributed by atoms with Crippen molar-refractivity contribution in [3.63, 3.8) is 0 Å². The summed E-state index contributed by atoms with van der Waals surface area (Å²) in [5.74, 6) is -2.73. The van der Waals surface area contributed by atoms with E-state index in [1.807, 2.05) is 0 Å². The van der Waals surface area contributed by atoms with Crippen LogP contribution in [-0.4, -0.2) is 17.9 Å². The van der Waals surface area contributed by atoms with E-state index in [4.69, 9.17) is 0 Å². The number of carbonyl (C=O) groups is 3. The minimum Gasteiger partial charge on any atom is -0.550 e. The maximum absolute atomic E-state index is 10.1. The molecule has 0 N–H and O–H groups in total. The molecule has 1 radical (unpaired) electrons. The van der Waals surface area contributed by atoms with Crippen LogP contribution in [0, 0.1) is 39.9 Å². The van der Waals surface area contributed by atoms with Crippen LogP contribution in [0.2, 0.25) is 0 Å². The van der Waals surface area contributed by atoms with Gasteiger partial charge in [-0.15, -0.1) is 0 Å². The Bertz CT molecular complexity index is 480. The first kappa shape index (κ1) is 49.6. The molecule has 0 aromatic carbocycles. The van der Waals surface area contributed by atoms with Crippen LogP contribution in [0.1, 0.15) is 213 Å². The first-order valence-corrected chi connectivity index (χ1v) is 17.9. The van der Waals surface area contributed by atoms with Gasteiger partial charge < -0.3 is 29.7 Å². The maximum Gasteiger partial charge on any atom is 3.00 e. The van der Waals surface area contributed by atoms with Crippen LogP contribution in [0.3, 0.4) is 0 Å². The topological polar surface area (TPSA) is 120 Å². The molecule has 0 rings (SSSR count). The summed E-state index contributed by atoms with van der Waals surface area (Å²) in [6.07, 6.45) is 33.5. The SMILES string of the molecule is CCCCCCCCCCCC(=O)[O-].CCCCCCCCCCCC(=O)[O-].CCCCCCCCCCCC(=O)[O-].[Gd+3]. The van der Waals surface area contributed by atoms with Gasteiger partial charge in [-0.05, 0) is 38.5 Å². The Balaban J connectivity index is -0.000000262. The maximum atomic E-state index is 10.1. The van der Waals surface area contributed by atoms with Crippen molar-refractivity contribution < 1.29 is 69.6 Å². The van der Waals surface area contributed by atoms with E-state index in [1.54, 1.807) is 0 Å². The summed E-state index contributed by atoms with van der Waals surface area (Å²) in [5, 5.41) is 30.3. The van der Waals surface area contributed by atoms with Crippen molar-refractivity contribution >= 4 is 17.9 Å². The molecule has 0 atom stereocenters. The minimum absolute atomic E-state index is 0. The predicted octanol–water partition coefficient (Wildman–Crippen LogP) is 7.97. The number of carboxylic acid groups (broad SMARTS) is 3. The molecule has 0 heterocycles. The molecule has 0 amide bonds. The molecule has 7 heteroatoms. The first-order chi connectivity index (χ1) is 20.3. The number of hydrogen-bond acceptors (Lipinski definition) is 6. The van der Waals surface area contributed by atoms with Gasteiger partial charge in [0.25, 0.3) is 0 Å². The molecule has 0 fully saturated rings. The van der Waals surface area contributed by atoms with Gasteiger partial charge in [-0.25, -0.2) is 0 Å². The molecule has 0 bridgehead atoms. The fraction of sp³-hybridized carbons (Fsp3) is 0.917. The van der Waals surface area contributed by atoms with Gasteiger partial charge in [0, 0.05) is 17.9 Å². The third-order valence-electron chi connectivity index (χ3n) is 7.45. The van der Waals surface area contributed by atoms with Crippen LogP contribution in [0.25, 0.3) is 0 Å². The molecule has 0 spiro atoms. The van der Waals surface area contributed by atoms with E-state index in [1.165, 1.54) is 135 Å². The van der Waals surface area contributed by atoms with Crippen molar-refractivity contribution in [2.45, 2.75) is 213 Å². The molecule has 0 saturated heterocycles. The Morgan fingerprint density at radius 3 is 0.581 bits per heavy atom. The molecular formula is C36H69GdO6. The van der Waals surface area contributed by atoms with Crippen LogP contribution >= 0.6 is 0 Å². The molecule has 0 aromatic rings. The summed E-state index contributed by atoms with van der Waals surface area (Å²) in [4.78, 5) is 30.3. The summed E-state index contributed by atoms with van der Waals surface area (Å²) < 4.78 is 0. The summed E-state index contributed by atoms with van der Waals surface area (Å²) in [6, 6.07) is 0. The summed E-state index contributed by atoms with van der Waals surface area (Å²) >= 11 is 0. The molecule has 6 nitrogen and oxygen atoms in total. The Labute approximate surface area is 299 Å². The minimum atomic E-state index is -0.909. The zero-order chi connectivity index (χ0) is 31.9. The van der Waals surface area contributed by atoms with Gasteiger partial charge in [0.1, 0.15) is 0 Å². The van der Waals surface area contributed by atoms with E-state index in [0.717, 1.165) is 38.5 Å². The third kappa shape index (κ3) is 61.5. The predicted molar refractivity (Wildman–Crippen MR) is 171 cm³/mol. The fourth-order valence-electron chi connectivity index (χ4n) is 4.74. The Kier molecular flexibility index (Phi) is 53.3. The Morgan fingerprint density at radius 1 is 0.302 bits per heavy atom. The van der Waals surface area contributed by atoms with Crippen LogP contribution < -0.4 is 15.3 Å². The fourth-order valence-corrected chi connectivity index (χ4v) is 4.74. The smallest absolute Gasteiger partial charge is 0.550 e. The number of rotatable bonds is 30. The number of aliphatic carboxylic acids is 3. The molecule has 257 valence electrons. The van der Waals surface area contributed by atoms with Gasteiger partial charge in [0.15, 0.2) is 0 Å². The quantitative estimate of drug-likeness (QED) is 0.0687. The van der Waals surface area contributed by atoms with Crippen molar-refractivity contribution in [2.75, 3.05) is 0 Å². The molecule has 0 aromatic heterocycles. The van der Waals surface area contributed by atoms with Crippen LogP contribution in [0.15, 0.2) is 0 Å². The number of carbonyl (C=O) groups excluding carboxylic acids is 3. The van der Waals surface area contributed by atoms with Gasteiger partial charge in [-0.1, -0.05) is 175 Å². The average Bonchev–Trinajstić information content (AvgIpc) is 2.95. The van der Waals surface area contributed by atoms with Crippen molar-refractivity contribution in [3.05, 3.63) is 0 Å². The monoisotopic (exact) mass is 755 g/mol. The standard InChI is InChI=1S/3C12H24O2.Gd/c3*1-2-3-4-5-6-7-8-9-10-11-12(13)14;/h3*2-11H2,1H3,(H,13,14);/q;;;+3/p-3. The molecule has 0 aliphatic rings. The second-order valence-electron chi connectivity index (χ2n) is 11.9. The first-order valence-electron chi connectivity index (χ1n) is 17.9. The van der Waals surface area contributed by atoms with Gasteiger partial charge in [-0.3, -0.25) is 0 Å². The van der Waals surface area contributed by atoms with E-state index < -0.39 is 17.9 Å². The van der Waals surface area contributed by atoms with Gasteiger partial charge in [0.05, 0.1) is 0 Å². The Hall–Kier alpha value is -0.265. The average molecular weight is 755 g/mol. The normalized spacial score (nSPS) is 10.1. The van der Waals surface area contributed by atoms with Crippen molar-refractivity contribution in [2.24, 2.45) is 0 Å². The van der Waals surface area contributed by atoms with Crippen molar-refractivity contribution in [3.8, 4) is 0 Å². The van der Waals surface area contributed by atoms with E-state index >= 15 is 0 Å². The number of carboxylic acids is 3. The van der Waals surface area contributed by atoms with Crippen molar-refractivity contribution in [1.29, 1.82) is 0 Å². The summed E-state index contributed by atoms with van der Waals surface area (Å²) in [7, 11) is 0. The zero-order valence-corrected chi connectivity index (χ0v) is 30.8. The van der Waals surface area contributed by atoms with E-state index in [9.17, 15) is 29.7 Å². The van der Waals surface area contributed by atoms with Crippen LogP contribution in [0.5, 0.6) is 0 Å². The second kappa shape index (κ2) is 46.2. The largest absolute Gasteiger partial charge is 3.00 e. The van der Waals surface area contributed by atoms with Gasteiger partial charge >= 0.3 is 39.9 Å². The van der Waals surface area contributed by atoms with Crippen LogP contribution in [0.4, 0.5) is 0 Å². The van der Waals surface area contributed by atoms with E-state index in [-0.39, 0.29) is 59.2 Å². The van der Waals surface area contributed by atoms with Gasteiger partial charge in [-0.2, -0.15) is 0 Å². The van der Waals surface area contributed by atoms with Crippen LogP contribution in [-0.2, 0) is 14.4 Å². The summed E-state index contributed by atoms with van der Waals surface area (Å²) in [5.41, 5.74) is 0. The molecule has 0 aliphatic carbocycles. The molecule has 0 aliphatic heterocycles.